The van der Waals surface area contributed by atoms with E-state index in [2.05, 4.69) is 33.1 Å². The molecule has 0 spiro atoms. The number of rotatable bonds is 7. The fraction of sp³-hybridized carbons (Fsp3) is 0.103. The van der Waals surface area contributed by atoms with E-state index in [0.29, 0.717) is 24.0 Å². The van der Waals surface area contributed by atoms with Crippen molar-refractivity contribution in [3.63, 3.8) is 0 Å². The number of hydrogen-bond donors (Lipinski definition) is 0. The minimum absolute atomic E-state index is 0.222. The molecule has 4 aromatic carbocycles. The van der Waals surface area contributed by atoms with Crippen LogP contribution in [0, 0.1) is 0 Å². The number of ether oxygens (including phenoxy) is 3. The standard InChI is InChI=1S/C29H22BrNO4/c1-33-26-17-20(15-24(30)27(26)34-14-13-19-7-3-2-4-8-19)16-25-29(32)35-28(31-25)23-12-11-21-9-5-6-10-22(21)18-23/h2-12,15-18H,13-14H2,1H3/b25-16-. The summed E-state index contributed by atoms with van der Waals surface area (Å²) in [4.78, 5) is 17.0. The van der Waals surface area contributed by atoms with Crippen molar-refractivity contribution in [2.24, 2.45) is 4.99 Å². The fourth-order valence-electron chi connectivity index (χ4n) is 3.89. The first-order valence-electron chi connectivity index (χ1n) is 11.2. The molecule has 0 saturated carbocycles. The highest BCUT2D eigenvalue weighted by molar-refractivity contribution is 9.10. The van der Waals surface area contributed by atoms with Gasteiger partial charge in [0.25, 0.3) is 0 Å². The normalized spacial score (nSPS) is 14.2. The largest absolute Gasteiger partial charge is 0.493 e. The van der Waals surface area contributed by atoms with Gasteiger partial charge >= 0.3 is 5.97 Å². The highest BCUT2D eigenvalue weighted by atomic mass is 79.9. The van der Waals surface area contributed by atoms with Crippen molar-refractivity contribution in [1.82, 2.24) is 0 Å². The van der Waals surface area contributed by atoms with Crippen LogP contribution in [0.3, 0.4) is 0 Å². The van der Waals surface area contributed by atoms with Crippen molar-refractivity contribution < 1.29 is 19.0 Å². The molecule has 6 heteroatoms. The van der Waals surface area contributed by atoms with Gasteiger partial charge in [0, 0.05) is 12.0 Å². The first-order chi connectivity index (χ1) is 17.1. The summed E-state index contributed by atoms with van der Waals surface area (Å²) in [7, 11) is 1.59. The summed E-state index contributed by atoms with van der Waals surface area (Å²) in [6.07, 6.45) is 2.46. The molecular formula is C29H22BrNO4. The molecular weight excluding hydrogens is 506 g/mol. The van der Waals surface area contributed by atoms with Crippen LogP contribution < -0.4 is 9.47 Å². The first kappa shape index (κ1) is 22.9. The van der Waals surface area contributed by atoms with Gasteiger partial charge < -0.3 is 14.2 Å². The Kier molecular flexibility index (Phi) is 6.64. The third-order valence-electron chi connectivity index (χ3n) is 5.65. The van der Waals surface area contributed by atoms with Crippen molar-refractivity contribution in [3.05, 3.63) is 112 Å². The van der Waals surface area contributed by atoms with E-state index in [-0.39, 0.29) is 5.70 Å². The number of halogens is 1. The second kappa shape index (κ2) is 10.2. The van der Waals surface area contributed by atoms with Gasteiger partial charge in [0.2, 0.25) is 5.90 Å². The van der Waals surface area contributed by atoms with E-state index in [1.165, 1.54) is 5.56 Å². The van der Waals surface area contributed by atoms with Crippen molar-refractivity contribution in [2.75, 3.05) is 13.7 Å². The average molecular weight is 528 g/mol. The molecule has 174 valence electrons. The Labute approximate surface area is 211 Å². The second-order valence-electron chi connectivity index (χ2n) is 8.02. The van der Waals surface area contributed by atoms with Crippen LogP contribution in [-0.4, -0.2) is 25.6 Å². The quantitative estimate of drug-likeness (QED) is 0.201. The summed E-state index contributed by atoms with van der Waals surface area (Å²) >= 11 is 3.58. The molecule has 4 aromatic rings. The average Bonchev–Trinajstić information content (AvgIpc) is 3.25. The Bertz CT molecular complexity index is 1460. The number of esters is 1. The molecule has 5 rings (SSSR count). The van der Waals surface area contributed by atoms with E-state index in [1.54, 1.807) is 13.2 Å². The van der Waals surface area contributed by atoms with Gasteiger partial charge in [-0.1, -0.05) is 60.7 Å². The molecule has 0 N–H and O–H groups in total. The number of aliphatic imine (C=N–C) groups is 1. The molecule has 0 aromatic heterocycles. The minimum Gasteiger partial charge on any atom is -0.493 e. The van der Waals surface area contributed by atoms with Crippen molar-refractivity contribution in [2.45, 2.75) is 6.42 Å². The van der Waals surface area contributed by atoms with Crippen molar-refractivity contribution in [1.29, 1.82) is 0 Å². The molecule has 0 fully saturated rings. The maximum atomic E-state index is 12.5. The first-order valence-corrected chi connectivity index (χ1v) is 12.0. The number of hydrogen-bond acceptors (Lipinski definition) is 5. The molecule has 1 aliphatic rings. The van der Waals surface area contributed by atoms with E-state index in [9.17, 15) is 4.79 Å². The third kappa shape index (κ3) is 5.12. The molecule has 0 saturated heterocycles. The van der Waals surface area contributed by atoms with Gasteiger partial charge in [-0.2, -0.15) is 0 Å². The topological polar surface area (TPSA) is 57.1 Å². The fourth-order valence-corrected chi connectivity index (χ4v) is 4.47. The number of cyclic esters (lactones) is 1. The Morgan fingerprint density at radius 1 is 0.943 bits per heavy atom. The highest BCUT2D eigenvalue weighted by Gasteiger charge is 2.24. The lowest BCUT2D eigenvalue weighted by Gasteiger charge is -2.13. The molecule has 1 heterocycles. The molecule has 1 aliphatic heterocycles. The van der Waals surface area contributed by atoms with E-state index in [0.717, 1.165) is 32.8 Å². The van der Waals surface area contributed by atoms with Crippen LogP contribution in [-0.2, 0) is 16.0 Å². The Morgan fingerprint density at radius 2 is 1.71 bits per heavy atom. The molecule has 5 nitrogen and oxygen atoms in total. The zero-order valence-corrected chi connectivity index (χ0v) is 20.6. The summed E-state index contributed by atoms with van der Waals surface area (Å²) in [6, 6.07) is 27.7. The van der Waals surface area contributed by atoms with Gasteiger partial charge in [0.1, 0.15) is 0 Å². The van der Waals surface area contributed by atoms with Crippen LogP contribution >= 0.6 is 15.9 Å². The molecule has 0 radical (unpaired) electrons. The van der Waals surface area contributed by atoms with Crippen molar-refractivity contribution in [3.8, 4) is 11.5 Å². The molecule has 35 heavy (non-hydrogen) atoms. The number of nitrogens with zero attached hydrogens (tertiary/aromatic N) is 1. The monoisotopic (exact) mass is 527 g/mol. The van der Waals surface area contributed by atoms with E-state index in [4.69, 9.17) is 14.2 Å². The van der Waals surface area contributed by atoms with Gasteiger partial charge in [-0.05, 0) is 68.2 Å². The molecule has 0 atom stereocenters. The van der Waals surface area contributed by atoms with Crippen LogP contribution in [0.4, 0.5) is 0 Å². The van der Waals surface area contributed by atoms with Crippen LogP contribution in [0.15, 0.2) is 100 Å². The maximum absolute atomic E-state index is 12.5. The van der Waals surface area contributed by atoms with Gasteiger partial charge in [0.05, 0.1) is 18.2 Å². The smallest absolute Gasteiger partial charge is 0.363 e. The minimum atomic E-state index is -0.494. The highest BCUT2D eigenvalue weighted by Crippen LogP contribution is 2.37. The number of methoxy groups -OCH3 is 1. The van der Waals surface area contributed by atoms with Crippen LogP contribution in [0.2, 0.25) is 0 Å². The molecule has 0 aliphatic carbocycles. The predicted octanol–water partition coefficient (Wildman–Crippen LogP) is 6.58. The lowest BCUT2D eigenvalue weighted by molar-refractivity contribution is -0.129. The van der Waals surface area contributed by atoms with E-state index >= 15 is 0 Å². The summed E-state index contributed by atoms with van der Waals surface area (Å²) in [5, 5.41) is 2.16. The number of carbonyl (C=O) groups excluding carboxylic acids is 1. The van der Waals surface area contributed by atoms with Crippen LogP contribution in [0.25, 0.3) is 16.8 Å². The van der Waals surface area contributed by atoms with Gasteiger partial charge in [-0.25, -0.2) is 9.79 Å². The summed E-state index contributed by atoms with van der Waals surface area (Å²) < 4.78 is 17.7. The van der Waals surface area contributed by atoms with E-state index < -0.39 is 5.97 Å². The van der Waals surface area contributed by atoms with Gasteiger partial charge in [-0.15, -0.1) is 0 Å². The summed E-state index contributed by atoms with van der Waals surface area (Å²) in [5.41, 5.74) is 2.91. The van der Waals surface area contributed by atoms with E-state index in [1.807, 2.05) is 72.8 Å². The Morgan fingerprint density at radius 3 is 2.51 bits per heavy atom. The Hall–Kier alpha value is -3.90. The van der Waals surface area contributed by atoms with Crippen molar-refractivity contribution >= 4 is 44.6 Å². The third-order valence-corrected chi connectivity index (χ3v) is 6.24. The summed E-state index contributed by atoms with van der Waals surface area (Å²) in [6.45, 7) is 0.505. The SMILES string of the molecule is COc1cc(/C=C2\N=C(c3ccc4ccccc4c3)OC2=O)cc(Br)c1OCCc1ccccc1. The summed E-state index contributed by atoms with van der Waals surface area (Å²) in [5.74, 6) is 0.967. The maximum Gasteiger partial charge on any atom is 0.363 e. The van der Waals surface area contributed by atoms with Crippen LogP contribution in [0.1, 0.15) is 16.7 Å². The zero-order valence-electron chi connectivity index (χ0n) is 19.0. The molecule has 0 unspecified atom stereocenters. The molecule has 0 amide bonds. The molecule has 0 bridgehead atoms. The number of benzene rings is 4. The zero-order chi connectivity index (χ0) is 24.2. The lowest BCUT2D eigenvalue weighted by Crippen LogP contribution is -2.05. The predicted molar refractivity (Wildman–Crippen MR) is 141 cm³/mol. The second-order valence-corrected chi connectivity index (χ2v) is 8.87. The number of carbonyl (C=O) groups is 1. The number of fused-ring (bicyclic) bond motifs is 1. The van der Waals surface area contributed by atoms with Crippen LogP contribution in [0.5, 0.6) is 11.5 Å². The van der Waals surface area contributed by atoms with Gasteiger partial charge in [-0.3, -0.25) is 0 Å². The lowest BCUT2D eigenvalue weighted by atomic mass is 10.1. The Balaban J connectivity index is 1.37. The van der Waals surface area contributed by atoms with Gasteiger partial charge in [0.15, 0.2) is 17.2 Å².